The Hall–Kier alpha value is -1.91. The normalized spacial score (nSPS) is 13.3. The summed E-state index contributed by atoms with van der Waals surface area (Å²) >= 11 is 0.938. The van der Waals surface area contributed by atoms with E-state index in [0.717, 1.165) is 23.5 Å². The molecular formula is C11H10N2O7PS2+. The predicted molar refractivity (Wildman–Crippen MR) is 82.0 cm³/mol. The second-order valence-electron chi connectivity index (χ2n) is 4.08. The van der Waals surface area contributed by atoms with E-state index >= 15 is 0 Å². The molecule has 2 rings (SSSR count). The highest BCUT2D eigenvalue weighted by Crippen LogP contribution is 2.27. The highest BCUT2D eigenvalue weighted by Gasteiger charge is 2.37. The summed E-state index contributed by atoms with van der Waals surface area (Å²) in [6, 6.07) is 7.51. The van der Waals surface area contributed by atoms with Crippen LogP contribution >= 0.6 is 19.4 Å². The lowest BCUT2D eigenvalue weighted by atomic mass is 10.3. The number of nitro benzene ring substituents is 1. The molecule has 122 valence electrons. The first-order valence-corrected chi connectivity index (χ1v) is 9.56. The monoisotopic (exact) mass is 377 g/mol. The van der Waals surface area contributed by atoms with Crippen LogP contribution < -0.4 is 9.46 Å². The number of nitro groups is 1. The van der Waals surface area contributed by atoms with Crippen molar-refractivity contribution in [2.75, 3.05) is 0 Å². The minimum Gasteiger partial charge on any atom is -0.432 e. The number of benzene rings is 1. The van der Waals surface area contributed by atoms with E-state index in [1.807, 2.05) is 4.72 Å². The Balaban J connectivity index is 2.16. The van der Waals surface area contributed by atoms with Gasteiger partial charge in [0.05, 0.1) is 4.92 Å². The third-order valence-electron chi connectivity index (χ3n) is 2.51. The zero-order valence-corrected chi connectivity index (χ0v) is 13.8. The second kappa shape index (κ2) is 7.11. The highest BCUT2D eigenvalue weighted by atomic mass is 32.2. The molecule has 12 heteroatoms. The lowest BCUT2D eigenvalue weighted by molar-refractivity contribution is -0.384. The van der Waals surface area contributed by atoms with Crippen LogP contribution in [0.2, 0.25) is 0 Å². The minimum absolute atomic E-state index is 0.00637. The predicted octanol–water partition coefficient (Wildman–Crippen LogP) is 2.03. The molecule has 0 aliphatic rings. The molecule has 0 saturated carbocycles. The van der Waals surface area contributed by atoms with E-state index < -0.39 is 28.9 Å². The molecule has 0 spiro atoms. The van der Waals surface area contributed by atoms with Crippen molar-refractivity contribution in [2.24, 2.45) is 0 Å². The van der Waals surface area contributed by atoms with Crippen molar-refractivity contribution >= 4 is 35.1 Å². The van der Waals surface area contributed by atoms with Gasteiger partial charge in [0.2, 0.25) is 0 Å². The van der Waals surface area contributed by atoms with E-state index in [4.69, 9.17) is 4.74 Å². The van der Waals surface area contributed by atoms with Gasteiger partial charge in [0.15, 0.2) is 0 Å². The fourth-order valence-electron chi connectivity index (χ4n) is 1.50. The number of ether oxygens (including phenoxy) is 1. The smallest absolute Gasteiger partial charge is 0.432 e. The summed E-state index contributed by atoms with van der Waals surface area (Å²) < 4.78 is 42.4. The van der Waals surface area contributed by atoms with Crippen LogP contribution in [-0.2, 0) is 14.6 Å². The number of rotatable bonds is 7. The van der Waals surface area contributed by atoms with Crippen LogP contribution in [0.15, 0.2) is 46.0 Å². The first-order valence-electron chi connectivity index (χ1n) is 5.92. The zero-order chi connectivity index (χ0) is 17.0. The van der Waals surface area contributed by atoms with E-state index in [0.29, 0.717) is 0 Å². The number of nitrogens with one attached hydrogen (secondary N) is 1. The summed E-state index contributed by atoms with van der Waals surface area (Å²) in [4.78, 5) is 19.2. The third kappa shape index (κ3) is 4.53. The number of hydrogen-bond acceptors (Lipinski definition) is 7. The Morgan fingerprint density at radius 1 is 1.30 bits per heavy atom. The molecule has 1 heterocycles. The standard InChI is InChI=1S/C11H9N2O7PS2/c14-13(15)8-3-5-9(6-4-8)20-11(21(16)17)12-23(18,19)10-2-1-7-22-10/h1-7,11-12H/p+1. The van der Waals surface area contributed by atoms with E-state index in [-0.39, 0.29) is 15.6 Å². The summed E-state index contributed by atoms with van der Waals surface area (Å²) in [6.45, 7) is 0. The minimum atomic E-state index is -4.01. The lowest BCUT2D eigenvalue weighted by Gasteiger charge is -2.10. The van der Waals surface area contributed by atoms with Crippen LogP contribution in [0.1, 0.15) is 0 Å². The number of hydrogen-bond donors (Lipinski definition) is 2. The maximum Gasteiger partial charge on any atom is 0.570 e. The summed E-state index contributed by atoms with van der Waals surface area (Å²) in [5, 5.41) is 12.1. The topological polar surface area (TPSA) is 136 Å². The Kier molecular flexibility index (Phi) is 5.39. The molecule has 0 fully saturated rings. The third-order valence-corrected chi connectivity index (χ3v) is 6.12. The molecule has 0 radical (unpaired) electrons. The molecule has 0 bridgehead atoms. The number of non-ortho nitro benzene ring substituents is 1. The molecule has 23 heavy (non-hydrogen) atoms. The van der Waals surface area contributed by atoms with Gasteiger partial charge in [0, 0.05) is 12.1 Å². The Morgan fingerprint density at radius 2 is 1.96 bits per heavy atom. The van der Waals surface area contributed by atoms with Gasteiger partial charge >= 0.3 is 14.0 Å². The molecular weight excluding hydrogens is 367 g/mol. The van der Waals surface area contributed by atoms with Crippen LogP contribution in [0, 0.1) is 10.1 Å². The number of nitrogens with zero attached hydrogens (tertiary/aromatic N) is 1. The van der Waals surface area contributed by atoms with Gasteiger partial charge in [-0.25, -0.2) is 8.42 Å². The molecule has 0 aliphatic heterocycles. The molecule has 2 unspecified atom stereocenters. The average molecular weight is 377 g/mol. The largest absolute Gasteiger partial charge is 0.570 e. The second-order valence-corrected chi connectivity index (χ2v) is 8.04. The van der Waals surface area contributed by atoms with Gasteiger partial charge in [-0.1, -0.05) is 6.07 Å². The van der Waals surface area contributed by atoms with Crippen molar-refractivity contribution < 1.29 is 27.5 Å². The van der Waals surface area contributed by atoms with Crippen molar-refractivity contribution in [3.63, 3.8) is 0 Å². The molecule has 1 aromatic heterocycles. The molecule has 2 N–H and O–H groups in total. The summed E-state index contributed by atoms with van der Waals surface area (Å²) in [5.41, 5.74) is -0.193. The van der Waals surface area contributed by atoms with E-state index in [1.54, 1.807) is 5.38 Å². The number of sulfonamides is 1. The van der Waals surface area contributed by atoms with Crippen molar-refractivity contribution in [3.05, 3.63) is 51.9 Å². The average Bonchev–Trinajstić information content (AvgIpc) is 3.02. The van der Waals surface area contributed by atoms with E-state index in [2.05, 4.69) is 0 Å². The summed E-state index contributed by atoms with van der Waals surface area (Å²) in [5.74, 6) is -1.72. The Morgan fingerprint density at radius 3 is 2.43 bits per heavy atom. The van der Waals surface area contributed by atoms with E-state index in [9.17, 15) is 28.0 Å². The molecule has 9 nitrogen and oxygen atoms in total. The Bertz CT molecular complexity index is 805. The zero-order valence-electron chi connectivity index (χ0n) is 11.2. The molecule has 0 saturated heterocycles. The van der Waals surface area contributed by atoms with Crippen molar-refractivity contribution in [2.45, 2.75) is 10.2 Å². The SMILES string of the molecule is O=[N+]([O-])c1ccc(OC(NS(=O)(=O)c2cccs2)[P+](=O)O)cc1. The molecule has 1 aromatic carbocycles. The van der Waals surface area contributed by atoms with Crippen LogP contribution in [0.4, 0.5) is 5.69 Å². The highest BCUT2D eigenvalue weighted by molar-refractivity contribution is 7.91. The fraction of sp³-hybridized carbons (Fsp3) is 0.0909. The molecule has 0 aliphatic carbocycles. The maximum atomic E-state index is 12.0. The quantitative estimate of drug-likeness (QED) is 0.326. The van der Waals surface area contributed by atoms with Crippen LogP contribution in [-0.4, -0.2) is 24.2 Å². The van der Waals surface area contributed by atoms with Crippen molar-refractivity contribution in [1.29, 1.82) is 0 Å². The van der Waals surface area contributed by atoms with Crippen LogP contribution in [0.3, 0.4) is 0 Å². The van der Waals surface area contributed by atoms with Gasteiger partial charge in [-0.05, 0) is 28.1 Å². The van der Waals surface area contributed by atoms with Gasteiger partial charge in [-0.15, -0.1) is 16.1 Å². The summed E-state index contributed by atoms with van der Waals surface area (Å²) in [7, 11) is -7.05. The van der Waals surface area contributed by atoms with Crippen LogP contribution in [0.25, 0.3) is 0 Å². The molecule has 0 amide bonds. The lowest BCUT2D eigenvalue weighted by Crippen LogP contribution is -2.36. The van der Waals surface area contributed by atoms with Crippen LogP contribution in [0.5, 0.6) is 5.75 Å². The first kappa shape index (κ1) is 17.4. The van der Waals surface area contributed by atoms with Crippen molar-refractivity contribution in [3.8, 4) is 5.75 Å². The first-order chi connectivity index (χ1) is 10.8. The maximum absolute atomic E-state index is 12.0. The Labute approximate surface area is 135 Å². The van der Waals surface area contributed by atoms with Crippen molar-refractivity contribution in [1.82, 2.24) is 4.72 Å². The van der Waals surface area contributed by atoms with Gasteiger partial charge in [-0.3, -0.25) is 10.1 Å². The van der Waals surface area contributed by atoms with E-state index in [1.165, 1.54) is 24.3 Å². The van der Waals surface area contributed by atoms with Gasteiger partial charge in [-0.2, -0.15) is 4.89 Å². The van der Waals surface area contributed by atoms with Gasteiger partial charge in [0.25, 0.3) is 15.7 Å². The molecule has 2 atom stereocenters. The summed E-state index contributed by atoms with van der Waals surface area (Å²) in [6.07, 6.45) is 0. The van der Waals surface area contributed by atoms with Gasteiger partial charge in [0.1, 0.15) is 9.96 Å². The fourth-order valence-corrected chi connectivity index (χ4v) is 4.44. The van der Waals surface area contributed by atoms with Gasteiger partial charge < -0.3 is 4.74 Å². The number of thiophene rings is 1. The molecule has 2 aromatic rings.